The van der Waals surface area contributed by atoms with E-state index in [1.807, 2.05) is 37.6 Å². The first-order chi connectivity index (χ1) is 24.9. The van der Waals surface area contributed by atoms with Crippen LogP contribution in [0.2, 0.25) is 0 Å². The van der Waals surface area contributed by atoms with E-state index in [1.165, 1.54) is 23.5 Å². The van der Waals surface area contributed by atoms with E-state index in [0.29, 0.717) is 39.4 Å². The van der Waals surface area contributed by atoms with E-state index in [-0.39, 0.29) is 23.1 Å². The Bertz CT molecular complexity index is 2160. The summed E-state index contributed by atoms with van der Waals surface area (Å²) in [5.41, 5.74) is 1.56. The van der Waals surface area contributed by atoms with Crippen molar-refractivity contribution in [3.63, 3.8) is 0 Å². The molecule has 2 aromatic heterocycles. The van der Waals surface area contributed by atoms with Crippen molar-refractivity contribution in [2.75, 3.05) is 56.6 Å². The van der Waals surface area contributed by atoms with E-state index in [2.05, 4.69) is 15.2 Å². The average Bonchev–Trinajstić information content (AvgIpc) is 3.56. The second-order valence-corrected chi connectivity index (χ2v) is 14.9. The Morgan fingerprint density at radius 1 is 0.981 bits per heavy atom. The number of anilines is 3. The van der Waals surface area contributed by atoms with Gasteiger partial charge in [-0.3, -0.25) is 9.62 Å². The van der Waals surface area contributed by atoms with Gasteiger partial charge in [-0.15, -0.1) is 11.3 Å². The molecule has 0 aliphatic carbocycles. The number of sulfonamides is 1. The van der Waals surface area contributed by atoms with Crippen LogP contribution >= 0.6 is 11.3 Å². The van der Waals surface area contributed by atoms with E-state index in [4.69, 9.17) is 24.2 Å². The van der Waals surface area contributed by atoms with Gasteiger partial charge in [0, 0.05) is 43.4 Å². The van der Waals surface area contributed by atoms with Crippen LogP contribution in [0.15, 0.2) is 65.7 Å². The fourth-order valence-corrected chi connectivity index (χ4v) is 7.79. The quantitative estimate of drug-likeness (QED) is 0.126. The summed E-state index contributed by atoms with van der Waals surface area (Å²) in [5, 5.41) is 3.90. The van der Waals surface area contributed by atoms with Crippen molar-refractivity contribution < 1.29 is 35.8 Å². The Morgan fingerprint density at radius 2 is 1.71 bits per heavy atom. The maximum atomic E-state index is 16.2. The molecular weight excluding hydrogens is 718 g/mol. The number of benzene rings is 3. The fraction of sp³-hybridized carbons (Fsp3) is 0.306. The van der Waals surface area contributed by atoms with Crippen molar-refractivity contribution in [3.05, 3.63) is 88.8 Å². The standard InChI is InChI=1S/C36H37F3N6O5S2/c1-21(2)35-43-32(23-7-5-10-26(31(23)39)44-52(46,47)34-24(37)8-6-9-25(34)38)33(51-35)27-11-12-40-36(41-27)42-28-19-22(3)29(20-30(28)48-4)50-18-15-45-13-16-49-17-14-45/h5-12,19-21,44H,13-18H2,1-4H3,(H,40,41,42). The molecule has 16 heteroatoms. The van der Waals surface area contributed by atoms with Crippen molar-refractivity contribution in [2.45, 2.75) is 31.6 Å². The number of nitrogens with one attached hydrogen (secondary N) is 2. The zero-order chi connectivity index (χ0) is 37.0. The van der Waals surface area contributed by atoms with Gasteiger partial charge in [-0.2, -0.15) is 0 Å². The number of ether oxygens (including phenoxy) is 3. The van der Waals surface area contributed by atoms with Gasteiger partial charge in [-0.05, 0) is 48.9 Å². The molecule has 3 heterocycles. The number of nitrogens with zero attached hydrogens (tertiary/aromatic N) is 4. The normalized spacial score (nSPS) is 13.7. The van der Waals surface area contributed by atoms with E-state index in [0.717, 1.165) is 62.7 Å². The van der Waals surface area contributed by atoms with Crippen LogP contribution < -0.4 is 19.5 Å². The lowest BCUT2D eigenvalue weighted by molar-refractivity contribution is 0.0322. The van der Waals surface area contributed by atoms with Crippen LogP contribution in [-0.4, -0.2) is 74.8 Å². The lowest BCUT2D eigenvalue weighted by Crippen LogP contribution is -2.38. The molecule has 0 atom stereocenters. The summed E-state index contributed by atoms with van der Waals surface area (Å²) in [6, 6.07) is 12.0. The zero-order valence-corrected chi connectivity index (χ0v) is 30.5. The number of hydrogen-bond donors (Lipinski definition) is 2. The van der Waals surface area contributed by atoms with Gasteiger partial charge < -0.3 is 19.5 Å². The number of thiazole rings is 1. The number of rotatable bonds is 13. The van der Waals surface area contributed by atoms with Crippen LogP contribution in [0.5, 0.6) is 11.5 Å². The number of hydrogen-bond acceptors (Lipinski definition) is 11. The molecule has 2 N–H and O–H groups in total. The number of aryl methyl sites for hydroxylation is 1. The van der Waals surface area contributed by atoms with Crippen molar-refractivity contribution in [1.29, 1.82) is 0 Å². The Balaban J connectivity index is 1.28. The van der Waals surface area contributed by atoms with Gasteiger partial charge in [0.25, 0.3) is 10.0 Å². The molecule has 5 aromatic rings. The molecule has 0 saturated carbocycles. The van der Waals surface area contributed by atoms with E-state index < -0.39 is 38.1 Å². The van der Waals surface area contributed by atoms with Gasteiger partial charge >= 0.3 is 0 Å². The maximum Gasteiger partial charge on any atom is 0.267 e. The molecule has 1 saturated heterocycles. The highest BCUT2D eigenvalue weighted by Gasteiger charge is 2.27. The third kappa shape index (κ3) is 8.14. The second kappa shape index (κ2) is 15.9. The van der Waals surface area contributed by atoms with Crippen LogP contribution in [0, 0.1) is 24.4 Å². The molecule has 0 unspecified atom stereocenters. The molecule has 11 nitrogen and oxygen atoms in total. The van der Waals surface area contributed by atoms with Gasteiger partial charge in [0.1, 0.15) is 29.7 Å². The van der Waals surface area contributed by atoms with E-state index in [1.54, 1.807) is 19.4 Å². The highest BCUT2D eigenvalue weighted by molar-refractivity contribution is 7.92. The molecule has 1 aliphatic rings. The molecule has 1 aliphatic heterocycles. The molecule has 3 aromatic carbocycles. The summed E-state index contributed by atoms with van der Waals surface area (Å²) in [4.78, 5) is 15.4. The highest BCUT2D eigenvalue weighted by atomic mass is 32.2. The van der Waals surface area contributed by atoms with Crippen molar-refractivity contribution >= 4 is 38.7 Å². The minimum Gasteiger partial charge on any atom is -0.494 e. The summed E-state index contributed by atoms with van der Waals surface area (Å²) in [6.07, 6.45) is 1.55. The van der Waals surface area contributed by atoms with Crippen molar-refractivity contribution in [1.82, 2.24) is 19.9 Å². The Morgan fingerprint density at radius 3 is 2.42 bits per heavy atom. The fourth-order valence-electron chi connectivity index (χ4n) is 5.54. The van der Waals surface area contributed by atoms with Gasteiger partial charge in [0.2, 0.25) is 5.95 Å². The lowest BCUT2D eigenvalue weighted by atomic mass is 10.1. The highest BCUT2D eigenvalue weighted by Crippen LogP contribution is 2.41. The smallest absolute Gasteiger partial charge is 0.267 e. The van der Waals surface area contributed by atoms with Gasteiger partial charge in [-0.25, -0.2) is 36.5 Å². The molecule has 274 valence electrons. The summed E-state index contributed by atoms with van der Waals surface area (Å²) in [6.45, 7) is 10.3. The Kier molecular flexibility index (Phi) is 11.3. The number of halogens is 3. The van der Waals surface area contributed by atoms with Crippen LogP contribution in [0.4, 0.5) is 30.5 Å². The summed E-state index contributed by atoms with van der Waals surface area (Å²) >= 11 is 1.30. The number of aromatic nitrogens is 3. The minimum atomic E-state index is -4.83. The van der Waals surface area contributed by atoms with Crippen LogP contribution in [0.1, 0.15) is 30.3 Å². The predicted molar refractivity (Wildman–Crippen MR) is 194 cm³/mol. The van der Waals surface area contributed by atoms with Gasteiger partial charge in [-0.1, -0.05) is 26.0 Å². The predicted octanol–water partition coefficient (Wildman–Crippen LogP) is 7.38. The minimum absolute atomic E-state index is 0.0347. The first-order valence-electron chi connectivity index (χ1n) is 16.4. The zero-order valence-electron chi connectivity index (χ0n) is 28.9. The van der Waals surface area contributed by atoms with Crippen molar-refractivity contribution in [2.24, 2.45) is 0 Å². The van der Waals surface area contributed by atoms with Crippen LogP contribution in [0.25, 0.3) is 21.8 Å². The largest absolute Gasteiger partial charge is 0.494 e. The molecule has 1 fully saturated rings. The Labute approximate surface area is 303 Å². The molecule has 52 heavy (non-hydrogen) atoms. The first kappa shape index (κ1) is 37.0. The number of methoxy groups -OCH3 is 1. The molecular formula is C36H37F3N6O5S2. The third-order valence-electron chi connectivity index (χ3n) is 8.22. The molecule has 0 amide bonds. The Hall–Kier alpha value is -4.77. The topological polar surface area (TPSA) is 128 Å². The van der Waals surface area contributed by atoms with Gasteiger partial charge in [0.05, 0.1) is 53.0 Å². The average molecular weight is 755 g/mol. The van der Waals surface area contributed by atoms with E-state index in [9.17, 15) is 17.2 Å². The number of morpholine rings is 1. The lowest BCUT2D eigenvalue weighted by Gasteiger charge is -2.26. The summed E-state index contributed by atoms with van der Waals surface area (Å²) in [7, 11) is -3.28. The van der Waals surface area contributed by atoms with Gasteiger partial charge in [0.15, 0.2) is 10.7 Å². The summed E-state index contributed by atoms with van der Waals surface area (Å²) < 4.78 is 90.1. The molecule has 0 radical (unpaired) electrons. The molecule has 6 rings (SSSR count). The van der Waals surface area contributed by atoms with Crippen molar-refractivity contribution in [3.8, 4) is 33.3 Å². The first-order valence-corrected chi connectivity index (χ1v) is 18.7. The molecule has 0 spiro atoms. The van der Waals surface area contributed by atoms with Crippen LogP contribution in [-0.2, 0) is 14.8 Å². The summed E-state index contributed by atoms with van der Waals surface area (Å²) in [5.74, 6) is -2.20. The molecule has 0 bridgehead atoms. The monoisotopic (exact) mass is 754 g/mol. The second-order valence-electron chi connectivity index (χ2n) is 12.2. The third-order valence-corrected chi connectivity index (χ3v) is 11.0. The maximum absolute atomic E-state index is 16.2. The van der Waals surface area contributed by atoms with Crippen LogP contribution in [0.3, 0.4) is 0 Å². The van der Waals surface area contributed by atoms with E-state index >= 15 is 4.39 Å². The SMILES string of the molecule is COc1cc(OCCN2CCOCC2)c(C)cc1Nc1nccc(-c2sc(C(C)C)nc2-c2cccc(NS(=O)(=O)c3c(F)cccc3F)c2F)n1.